The topological polar surface area (TPSA) is 52.9 Å². The highest BCUT2D eigenvalue weighted by Gasteiger charge is 2.28. The number of nitrogens with zero attached hydrogens (tertiary/aromatic N) is 2. The molecule has 1 heterocycles. The van der Waals surface area contributed by atoms with Crippen LogP contribution in [-0.4, -0.2) is 29.9 Å². The molecule has 3 rings (SSSR count). The van der Waals surface area contributed by atoms with Crippen molar-refractivity contribution in [3.05, 3.63) is 64.2 Å². The number of carbonyl (C=O) groups is 1. The number of aliphatic imine (C=N–C) groups is 1. The predicted molar refractivity (Wildman–Crippen MR) is 108 cm³/mol. The van der Waals surface area contributed by atoms with Crippen molar-refractivity contribution >= 4 is 40.7 Å². The Hall–Kier alpha value is -2.59. The summed E-state index contributed by atoms with van der Waals surface area (Å²) in [6.07, 6.45) is 4.00. The summed E-state index contributed by atoms with van der Waals surface area (Å²) in [6, 6.07) is 10.9. The number of allylic oxidation sites excluding steroid dienone is 1. The van der Waals surface area contributed by atoms with Gasteiger partial charge in [0.1, 0.15) is 0 Å². The molecule has 2 aromatic rings. The van der Waals surface area contributed by atoms with E-state index in [0.29, 0.717) is 5.69 Å². The third-order valence-corrected chi connectivity index (χ3v) is 5.11. The molecule has 0 saturated heterocycles. The first-order chi connectivity index (χ1) is 12.2. The van der Waals surface area contributed by atoms with E-state index in [1.54, 1.807) is 18.3 Å². The lowest BCUT2D eigenvalue weighted by Crippen LogP contribution is -2.42. The molecule has 26 heavy (non-hydrogen) atoms. The van der Waals surface area contributed by atoms with Crippen LogP contribution >= 0.6 is 11.6 Å². The monoisotopic (exact) mass is 368 g/mol. The minimum absolute atomic E-state index is 0.0246. The van der Waals surface area contributed by atoms with Gasteiger partial charge in [-0.3, -0.25) is 4.99 Å². The molecule has 1 N–H and O–H groups in total. The van der Waals surface area contributed by atoms with E-state index in [0.717, 1.165) is 5.56 Å². The molecule has 0 radical (unpaired) electrons. The van der Waals surface area contributed by atoms with Gasteiger partial charge in [-0.15, -0.1) is 0 Å². The van der Waals surface area contributed by atoms with Crippen LogP contribution in [0.4, 0.5) is 11.4 Å². The molecule has 134 valence electrons. The lowest BCUT2D eigenvalue weighted by molar-refractivity contribution is 0.0697. The fraction of sp³-hybridized carbons (Fsp3) is 0.238. The molecule has 0 spiro atoms. The van der Waals surface area contributed by atoms with Crippen molar-refractivity contribution in [1.82, 2.24) is 0 Å². The Morgan fingerprint density at radius 2 is 1.96 bits per heavy atom. The number of benzene rings is 2. The Balaban J connectivity index is 1.93. The van der Waals surface area contributed by atoms with Gasteiger partial charge in [-0.1, -0.05) is 23.7 Å². The van der Waals surface area contributed by atoms with Gasteiger partial charge in [0.2, 0.25) is 0 Å². The number of likely N-dealkylation sites (N-methyl/N-ethyl adjacent to an activating group) is 1. The van der Waals surface area contributed by atoms with Crippen molar-refractivity contribution in [2.45, 2.75) is 26.3 Å². The molecule has 0 unspecified atom stereocenters. The first-order valence-corrected chi connectivity index (χ1v) is 8.71. The fourth-order valence-corrected chi connectivity index (χ4v) is 3.36. The number of carboxylic acids is 1. The van der Waals surface area contributed by atoms with Crippen LogP contribution in [0.25, 0.3) is 5.57 Å². The Labute approximate surface area is 158 Å². The molecule has 0 bridgehead atoms. The second kappa shape index (κ2) is 6.61. The van der Waals surface area contributed by atoms with E-state index in [1.165, 1.54) is 22.9 Å². The number of hydrogen-bond acceptors (Lipinski definition) is 3. The summed E-state index contributed by atoms with van der Waals surface area (Å²) in [4.78, 5) is 17.8. The number of carboxylic acid groups (broad SMARTS) is 1. The molecule has 0 atom stereocenters. The Kier molecular flexibility index (Phi) is 4.63. The average Bonchev–Trinajstić information content (AvgIpc) is 2.58. The number of hydrogen-bond donors (Lipinski definition) is 1. The van der Waals surface area contributed by atoms with E-state index in [9.17, 15) is 4.79 Å². The summed E-state index contributed by atoms with van der Waals surface area (Å²) in [7, 11) is 2.09. The van der Waals surface area contributed by atoms with Gasteiger partial charge in [0.15, 0.2) is 0 Å². The summed E-state index contributed by atoms with van der Waals surface area (Å²) in [5.74, 6) is -1.06. The van der Waals surface area contributed by atoms with Gasteiger partial charge in [0.25, 0.3) is 0 Å². The molecule has 0 aliphatic carbocycles. The van der Waals surface area contributed by atoms with Crippen molar-refractivity contribution in [3.63, 3.8) is 0 Å². The van der Waals surface area contributed by atoms with Crippen LogP contribution in [0.5, 0.6) is 0 Å². The lowest BCUT2D eigenvalue weighted by Gasteiger charge is -2.40. The second-order valence-corrected chi connectivity index (χ2v) is 7.45. The van der Waals surface area contributed by atoms with Crippen molar-refractivity contribution in [2.24, 2.45) is 4.99 Å². The van der Waals surface area contributed by atoms with Crippen molar-refractivity contribution in [1.29, 1.82) is 0 Å². The van der Waals surface area contributed by atoms with Crippen LogP contribution in [0.2, 0.25) is 5.02 Å². The van der Waals surface area contributed by atoms with Gasteiger partial charge in [0, 0.05) is 24.5 Å². The minimum atomic E-state index is -1.06. The number of aromatic carboxylic acids is 1. The molecule has 4 nitrogen and oxygen atoms in total. The summed E-state index contributed by atoms with van der Waals surface area (Å²) in [5, 5.41) is 9.36. The number of halogens is 1. The van der Waals surface area contributed by atoms with Gasteiger partial charge < -0.3 is 10.0 Å². The molecule has 0 saturated carbocycles. The van der Waals surface area contributed by atoms with Crippen LogP contribution in [0.3, 0.4) is 0 Å². The van der Waals surface area contributed by atoms with Crippen molar-refractivity contribution in [3.8, 4) is 0 Å². The summed E-state index contributed by atoms with van der Waals surface area (Å²) < 4.78 is 0. The van der Waals surface area contributed by atoms with Crippen molar-refractivity contribution < 1.29 is 9.90 Å². The van der Waals surface area contributed by atoms with Crippen LogP contribution in [-0.2, 0) is 0 Å². The zero-order chi connectivity index (χ0) is 19.1. The lowest BCUT2D eigenvalue weighted by atomic mass is 9.89. The normalized spacial score (nSPS) is 15.7. The maximum absolute atomic E-state index is 11.2. The SMILES string of the molecule is CC1=CC(C)(C)N(C)c2ccc(C=Nc3ccc(Cl)c(C(=O)O)c3)cc21. The molecular weight excluding hydrogens is 348 g/mol. The second-order valence-electron chi connectivity index (χ2n) is 7.04. The van der Waals surface area contributed by atoms with Crippen LogP contribution in [0.15, 0.2) is 47.5 Å². The largest absolute Gasteiger partial charge is 0.478 e. The van der Waals surface area contributed by atoms with E-state index in [2.05, 4.69) is 55.9 Å². The number of rotatable bonds is 3. The van der Waals surface area contributed by atoms with Gasteiger partial charge in [-0.25, -0.2) is 4.79 Å². The molecule has 1 aliphatic rings. The average molecular weight is 369 g/mol. The Morgan fingerprint density at radius 3 is 2.65 bits per heavy atom. The van der Waals surface area contributed by atoms with Crippen LogP contribution in [0.1, 0.15) is 42.3 Å². The van der Waals surface area contributed by atoms with Crippen LogP contribution < -0.4 is 4.90 Å². The first kappa shape index (κ1) is 18.2. The maximum atomic E-state index is 11.2. The third kappa shape index (κ3) is 3.37. The predicted octanol–water partition coefficient (Wildman–Crippen LogP) is 5.42. The molecule has 5 heteroatoms. The van der Waals surface area contributed by atoms with Crippen molar-refractivity contribution in [2.75, 3.05) is 11.9 Å². The quantitative estimate of drug-likeness (QED) is 0.736. The zero-order valence-corrected chi connectivity index (χ0v) is 16.0. The third-order valence-electron chi connectivity index (χ3n) is 4.78. The highest BCUT2D eigenvalue weighted by Crippen LogP contribution is 2.38. The standard InChI is InChI=1S/C21H21ClN2O2/c1-13-11-21(2,3)24(4)19-8-5-14(9-16(13)19)12-23-15-6-7-18(22)17(10-15)20(25)26/h5-12H,1-4H3,(H,25,26). The minimum Gasteiger partial charge on any atom is -0.478 e. The summed E-state index contributed by atoms with van der Waals surface area (Å²) in [6.45, 7) is 6.50. The van der Waals surface area contributed by atoms with Crippen LogP contribution in [0, 0.1) is 0 Å². The Bertz CT molecular complexity index is 945. The fourth-order valence-electron chi connectivity index (χ4n) is 3.16. The van der Waals surface area contributed by atoms with Gasteiger partial charge in [-0.2, -0.15) is 0 Å². The number of fused-ring (bicyclic) bond motifs is 1. The van der Waals surface area contributed by atoms with E-state index >= 15 is 0 Å². The van der Waals surface area contributed by atoms with Gasteiger partial charge in [-0.05, 0) is 62.2 Å². The van der Waals surface area contributed by atoms with E-state index in [-0.39, 0.29) is 16.1 Å². The summed E-state index contributed by atoms with van der Waals surface area (Å²) >= 11 is 5.90. The Morgan fingerprint density at radius 1 is 1.23 bits per heavy atom. The first-order valence-electron chi connectivity index (χ1n) is 8.34. The molecule has 0 fully saturated rings. The van der Waals surface area contributed by atoms with E-state index < -0.39 is 5.97 Å². The molecular formula is C21H21ClN2O2. The van der Waals surface area contributed by atoms with E-state index in [4.69, 9.17) is 16.7 Å². The van der Waals surface area contributed by atoms with E-state index in [1.807, 2.05) is 6.07 Å². The summed E-state index contributed by atoms with van der Waals surface area (Å²) in [5.41, 5.74) is 5.13. The molecule has 0 amide bonds. The number of anilines is 1. The highest BCUT2D eigenvalue weighted by atomic mass is 35.5. The molecule has 0 aromatic heterocycles. The molecule has 2 aromatic carbocycles. The zero-order valence-electron chi connectivity index (χ0n) is 15.2. The van der Waals surface area contributed by atoms with Gasteiger partial charge >= 0.3 is 5.97 Å². The van der Waals surface area contributed by atoms with Gasteiger partial charge in [0.05, 0.1) is 21.8 Å². The maximum Gasteiger partial charge on any atom is 0.337 e. The molecule has 1 aliphatic heterocycles. The highest BCUT2D eigenvalue weighted by molar-refractivity contribution is 6.33. The smallest absolute Gasteiger partial charge is 0.337 e.